The highest BCUT2D eigenvalue weighted by molar-refractivity contribution is 5.88. The number of carboxylic acids is 1. The Bertz CT molecular complexity index is 760. The quantitative estimate of drug-likeness (QED) is 0.854. The third kappa shape index (κ3) is 2.22. The molecule has 1 aromatic carbocycles. The molecule has 2 aliphatic carbocycles. The van der Waals surface area contributed by atoms with Crippen LogP contribution in [0.4, 0.5) is 0 Å². The highest BCUT2D eigenvalue weighted by Crippen LogP contribution is 2.58. The van der Waals surface area contributed by atoms with E-state index in [1.54, 1.807) is 0 Å². The van der Waals surface area contributed by atoms with Crippen LogP contribution < -0.4 is 0 Å². The first-order chi connectivity index (χ1) is 11.8. The second kappa shape index (κ2) is 5.39. The van der Waals surface area contributed by atoms with E-state index in [0.29, 0.717) is 0 Å². The van der Waals surface area contributed by atoms with E-state index >= 15 is 0 Å². The summed E-state index contributed by atoms with van der Waals surface area (Å²) in [5, 5.41) is 21.1. The van der Waals surface area contributed by atoms with Crippen molar-refractivity contribution in [1.82, 2.24) is 4.90 Å². The van der Waals surface area contributed by atoms with E-state index in [1.807, 2.05) is 14.0 Å². The predicted octanol–water partition coefficient (Wildman–Crippen LogP) is 1.68. The number of aliphatic hydroxyl groups is 1. The number of hydrogen-bond donors (Lipinski definition) is 2. The topological polar surface area (TPSA) is 77.8 Å². The smallest absolute Gasteiger partial charge is 0.304 e. The molecule has 25 heavy (non-hydrogen) atoms. The number of fused-ring (bicyclic) bond motifs is 1. The zero-order valence-corrected chi connectivity index (χ0v) is 14.8. The van der Waals surface area contributed by atoms with E-state index in [0.717, 1.165) is 30.5 Å². The second-order valence-electron chi connectivity index (χ2n) is 8.26. The van der Waals surface area contributed by atoms with Gasteiger partial charge in [-0.2, -0.15) is 0 Å². The standard InChI is InChI=1S/C20H25NO4/c1-12-3-4-13-8-17-20(25)10-14(9-18(23)24)16(22)11-19(20,15(13)7-12)5-6-21(17)2/h3-4,7,14,17,25H,5-6,8-11H2,1-2H3,(H,23,24)/t14-,17+,19+,20+/m0/s1. The maximum absolute atomic E-state index is 12.8. The van der Waals surface area contributed by atoms with Gasteiger partial charge in [-0.25, -0.2) is 0 Å². The van der Waals surface area contributed by atoms with Crippen molar-refractivity contribution in [3.05, 3.63) is 34.9 Å². The Balaban J connectivity index is 1.87. The van der Waals surface area contributed by atoms with Crippen LogP contribution in [0.1, 0.15) is 42.4 Å². The first-order valence-corrected chi connectivity index (χ1v) is 9.04. The maximum atomic E-state index is 12.8. The third-order valence-electron chi connectivity index (χ3n) is 6.91. The van der Waals surface area contributed by atoms with Gasteiger partial charge in [0, 0.05) is 23.8 Å². The molecule has 4 atom stereocenters. The van der Waals surface area contributed by atoms with E-state index in [-0.39, 0.29) is 31.1 Å². The Labute approximate surface area is 147 Å². The van der Waals surface area contributed by atoms with E-state index in [2.05, 4.69) is 23.1 Å². The Morgan fingerprint density at radius 2 is 2.16 bits per heavy atom. The third-order valence-corrected chi connectivity index (χ3v) is 6.91. The number of carbonyl (C=O) groups is 2. The van der Waals surface area contributed by atoms with Gasteiger partial charge in [0.25, 0.3) is 0 Å². The van der Waals surface area contributed by atoms with E-state index < -0.39 is 22.9 Å². The SMILES string of the molecule is Cc1ccc2c(c1)[C@]13CCN(C)[C@H](C2)[C@]1(O)C[C@H](CC(=O)O)C(=O)C3. The number of benzene rings is 1. The van der Waals surface area contributed by atoms with Gasteiger partial charge in [0.15, 0.2) is 0 Å². The molecule has 5 nitrogen and oxygen atoms in total. The molecular weight excluding hydrogens is 318 g/mol. The van der Waals surface area contributed by atoms with Crippen molar-refractivity contribution in [3.8, 4) is 0 Å². The number of hydrogen-bond acceptors (Lipinski definition) is 4. The molecule has 1 heterocycles. The molecule has 0 spiro atoms. The molecule has 1 aliphatic heterocycles. The minimum atomic E-state index is -1.05. The molecule has 2 fully saturated rings. The number of nitrogens with zero attached hydrogens (tertiary/aromatic N) is 1. The second-order valence-corrected chi connectivity index (χ2v) is 8.26. The largest absolute Gasteiger partial charge is 0.481 e. The summed E-state index contributed by atoms with van der Waals surface area (Å²) in [7, 11) is 2.02. The molecule has 2 bridgehead atoms. The highest BCUT2D eigenvalue weighted by Gasteiger charge is 2.65. The normalized spacial score (nSPS) is 37.3. The van der Waals surface area contributed by atoms with Crippen molar-refractivity contribution >= 4 is 11.8 Å². The number of ketones is 1. The van der Waals surface area contributed by atoms with Gasteiger partial charge < -0.3 is 15.1 Å². The van der Waals surface area contributed by atoms with Crippen LogP contribution in [-0.2, 0) is 21.4 Å². The number of likely N-dealkylation sites (N-methyl/N-ethyl adjacent to an activating group) is 1. The van der Waals surface area contributed by atoms with Crippen molar-refractivity contribution < 1.29 is 19.8 Å². The monoisotopic (exact) mass is 343 g/mol. The molecule has 0 aromatic heterocycles. The predicted molar refractivity (Wildman–Crippen MR) is 92.5 cm³/mol. The van der Waals surface area contributed by atoms with Crippen molar-refractivity contribution in [1.29, 1.82) is 0 Å². The van der Waals surface area contributed by atoms with Crippen LogP contribution >= 0.6 is 0 Å². The van der Waals surface area contributed by atoms with Crippen LogP contribution in [0.5, 0.6) is 0 Å². The average Bonchev–Trinajstić information content (AvgIpc) is 2.52. The lowest BCUT2D eigenvalue weighted by Crippen LogP contribution is -2.73. The fourth-order valence-corrected chi connectivity index (χ4v) is 5.63. The van der Waals surface area contributed by atoms with Crippen LogP contribution in [0.3, 0.4) is 0 Å². The van der Waals surface area contributed by atoms with Crippen molar-refractivity contribution in [2.75, 3.05) is 13.6 Å². The van der Waals surface area contributed by atoms with Gasteiger partial charge >= 0.3 is 5.97 Å². The van der Waals surface area contributed by atoms with Gasteiger partial charge in [-0.05, 0) is 50.9 Å². The number of Topliss-reactive ketones (excluding diaryl/α,β-unsaturated/α-hetero) is 1. The summed E-state index contributed by atoms with van der Waals surface area (Å²) in [5.74, 6) is -1.57. The van der Waals surface area contributed by atoms with Gasteiger partial charge in [0.2, 0.25) is 0 Å². The fraction of sp³-hybridized carbons (Fsp3) is 0.600. The minimum Gasteiger partial charge on any atom is -0.481 e. The number of aliphatic carboxylic acids is 1. The first kappa shape index (κ1) is 16.7. The molecule has 0 unspecified atom stereocenters. The summed E-state index contributed by atoms with van der Waals surface area (Å²) in [4.78, 5) is 26.2. The molecule has 5 heteroatoms. The zero-order valence-electron chi connectivity index (χ0n) is 14.8. The summed E-state index contributed by atoms with van der Waals surface area (Å²) >= 11 is 0. The first-order valence-electron chi connectivity index (χ1n) is 9.04. The average molecular weight is 343 g/mol. The molecular formula is C20H25NO4. The number of likely N-dealkylation sites (tertiary alicyclic amines) is 1. The fourth-order valence-electron chi connectivity index (χ4n) is 5.63. The van der Waals surface area contributed by atoms with Gasteiger partial charge in [0.1, 0.15) is 5.78 Å². The highest BCUT2D eigenvalue weighted by atomic mass is 16.4. The molecule has 1 aromatic rings. The Kier molecular flexibility index (Phi) is 3.61. The number of piperidine rings is 1. The summed E-state index contributed by atoms with van der Waals surface area (Å²) < 4.78 is 0. The Hall–Kier alpha value is -1.72. The maximum Gasteiger partial charge on any atom is 0.304 e. The molecule has 1 saturated heterocycles. The van der Waals surface area contributed by atoms with E-state index in [9.17, 15) is 14.7 Å². The van der Waals surface area contributed by atoms with Crippen LogP contribution in [0.15, 0.2) is 18.2 Å². The molecule has 134 valence electrons. The van der Waals surface area contributed by atoms with E-state index in [1.165, 1.54) is 5.56 Å². The Morgan fingerprint density at radius 3 is 2.88 bits per heavy atom. The van der Waals surface area contributed by atoms with Crippen molar-refractivity contribution in [3.63, 3.8) is 0 Å². The summed E-state index contributed by atoms with van der Waals surface area (Å²) in [6.45, 7) is 2.88. The molecule has 3 aliphatic rings. The molecule has 0 radical (unpaired) electrons. The van der Waals surface area contributed by atoms with Gasteiger partial charge in [0.05, 0.1) is 12.0 Å². The van der Waals surface area contributed by atoms with Crippen LogP contribution in [0, 0.1) is 12.8 Å². The zero-order chi connectivity index (χ0) is 18.0. The molecule has 4 rings (SSSR count). The molecule has 0 amide bonds. The number of aryl methyl sites for hydroxylation is 1. The Morgan fingerprint density at radius 1 is 1.40 bits per heavy atom. The van der Waals surface area contributed by atoms with Crippen LogP contribution in [0.25, 0.3) is 0 Å². The van der Waals surface area contributed by atoms with Gasteiger partial charge in [-0.3, -0.25) is 9.59 Å². The summed E-state index contributed by atoms with van der Waals surface area (Å²) in [6, 6.07) is 6.28. The number of carboxylic acid groups (broad SMARTS) is 1. The van der Waals surface area contributed by atoms with Crippen molar-refractivity contribution in [2.45, 2.75) is 56.1 Å². The minimum absolute atomic E-state index is 0.00951. The van der Waals surface area contributed by atoms with Crippen molar-refractivity contribution in [2.24, 2.45) is 5.92 Å². The summed E-state index contributed by atoms with van der Waals surface area (Å²) in [6.07, 6.45) is 1.80. The lowest BCUT2D eigenvalue weighted by Gasteiger charge is -2.63. The number of carbonyl (C=O) groups excluding carboxylic acids is 1. The lowest BCUT2D eigenvalue weighted by molar-refractivity contribution is -0.180. The van der Waals surface area contributed by atoms with E-state index in [4.69, 9.17) is 5.11 Å². The van der Waals surface area contributed by atoms with Gasteiger partial charge in [-0.15, -0.1) is 0 Å². The molecule has 1 saturated carbocycles. The summed E-state index contributed by atoms with van der Waals surface area (Å²) in [5.41, 5.74) is 1.84. The number of rotatable bonds is 2. The lowest BCUT2D eigenvalue weighted by atomic mass is 9.47. The van der Waals surface area contributed by atoms with Crippen LogP contribution in [0.2, 0.25) is 0 Å². The van der Waals surface area contributed by atoms with Crippen LogP contribution in [-0.4, -0.2) is 52.1 Å². The molecule has 2 N–H and O–H groups in total. The van der Waals surface area contributed by atoms with Gasteiger partial charge in [-0.1, -0.05) is 23.8 Å².